The first-order valence-corrected chi connectivity index (χ1v) is 8.54. The van der Waals surface area contributed by atoms with Crippen LogP contribution in [0.15, 0.2) is 28.7 Å². The molecule has 1 aliphatic heterocycles. The van der Waals surface area contributed by atoms with Gasteiger partial charge in [-0.15, -0.1) is 0 Å². The van der Waals surface area contributed by atoms with Gasteiger partial charge in [-0.2, -0.15) is 5.48 Å². The van der Waals surface area contributed by atoms with Crippen LogP contribution in [0.3, 0.4) is 0 Å². The van der Waals surface area contributed by atoms with Crippen molar-refractivity contribution in [3.63, 3.8) is 0 Å². The van der Waals surface area contributed by atoms with E-state index in [9.17, 15) is 8.42 Å². The zero-order valence-electron chi connectivity index (χ0n) is 12.5. The molecule has 1 aliphatic carbocycles. The Morgan fingerprint density at radius 1 is 1.24 bits per heavy atom. The van der Waals surface area contributed by atoms with Gasteiger partial charge in [-0.05, 0) is 50.8 Å². The number of fused-ring (bicyclic) bond motifs is 2. The molecule has 0 amide bonds. The van der Waals surface area contributed by atoms with Crippen LogP contribution < -0.4 is 10.2 Å². The van der Waals surface area contributed by atoms with Gasteiger partial charge < -0.3 is 4.84 Å². The minimum atomic E-state index is -3.59. The summed E-state index contributed by atoms with van der Waals surface area (Å²) < 4.78 is 28.1. The Morgan fingerprint density at radius 2 is 2.00 bits per heavy atom. The van der Waals surface area contributed by atoms with Crippen LogP contribution in [-0.4, -0.2) is 20.5 Å². The molecule has 3 rings (SSSR count). The molecule has 1 aromatic carbocycles. The van der Waals surface area contributed by atoms with E-state index in [1.54, 1.807) is 12.1 Å². The average Bonchev–Trinajstić information content (AvgIpc) is 2.83. The quantitative estimate of drug-likeness (QED) is 0.876. The third-order valence-corrected chi connectivity index (χ3v) is 5.35. The number of nitrogens with one attached hydrogen (secondary N) is 2. The molecule has 2 aliphatic rings. The summed E-state index contributed by atoms with van der Waals surface area (Å²) in [6.45, 7) is 6.16. The summed E-state index contributed by atoms with van der Waals surface area (Å²) in [5, 5.41) is 0. The van der Waals surface area contributed by atoms with E-state index < -0.39 is 15.6 Å². The predicted molar refractivity (Wildman–Crippen MR) is 80.8 cm³/mol. The van der Waals surface area contributed by atoms with Crippen LogP contribution in [0.5, 0.6) is 0 Å². The molecule has 114 valence electrons. The molecule has 6 heteroatoms. The van der Waals surface area contributed by atoms with E-state index in [1.807, 2.05) is 26.8 Å². The second kappa shape index (κ2) is 4.83. The van der Waals surface area contributed by atoms with E-state index >= 15 is 0 Å². The van der Waals surface area contributed by atoms with Gasteiger partial charge in [0.2, 0.25) is 10.0 Å². The minimum absolute atomic E-state index is 0.297. The summed E-state index contributed by atoms with van der Waals surface area (Å²) in [6.07, 6.45) is 1.75. The van der Waals surface area contributed by atoms with Crippen LogP contribution in [-0.2, 0) is 21.3 Å². The standard InChI is InChI=1S/C15H20N2O3S/c1-15(2,3)17-21(18,19)12-6-4-5-10-7-8-11-9-16-20-14(11)13(10)12/h4-6,16-17H,7-9H2,1-3H3. The monoisotopic (exact) mass is 308 g/mol. The largest absolute Gasteiger partial charge is 0.408 e. The second-order valence-corrected chi connectivity index (χ2v) is 8.15. The Balaban J connectivity index is 2.15. The number of hydroxylamine groups is 1. The van der Waals surface area contributed by atoms with Crippen molar-refractivity contribution < 1.29 is 13.3 Å². The maximum absolute atomic E-state index is 12.7. The molecule has 5 nitrogen and oxygen atoms in total. The summed E-state index contributed by atoms with van der Waals surface area (Å²) in [5.74, 6) is 0.686. The second-order valence-electron chi connectivity index (χ2n) is 6.50. The van der Waals surface area contributed by atoms with Crippen LogP contribution in [0.25, 0.3) is 5.76 Å². The van der Waals surface area contributed by atoms with E-state index in [1.165, 1.54) is 0 Å². The summed E-state index contributed by atoms with van der Waals surface area (Å²) in [4.78, 5) is 5.78. The molecule has 0 unspecified atom stereocenters. The lowest BCUT2D eigenvalue weighted by atomic mass is 9.91. The molecule has 0 saturated carbocycles. The number of hydrogen-bond donors (Lipinski definition) is 2. The fourth-order valence-corrected chi connectivity index (χ4v) is 4.45. The van der Waals surface area contributed by atoms with Gasteiger partial charge in [-0.25, -0.2) is 13.1 Å². The molecule has 0 bridgehead atoms. The highest BCUT2D eigenvalue weighted by Gasteiger charge is 2.32. The fraction of sp³-hybridized carbons (Fsp3) is 0.467. The number of hydrogen-bond acceptors (Lipinski definition) is 4. The molecule has 1 aromatic rings. The zero-order valence-corrected chi connectivity index (χ0v) is 13.3. The summed E-state index contributed by atoms with van der Waals surface area (Å²) in [6, 6.07) is 5.41. The van der Waals surface area contributed by atoms with Gasteiger partial charge in [0, 0.05) is 11.1 Å². The Hall–Kier alpha value is -1.37. The summed E-state index contributed by atoms with van der Waals surface area (Å²) in [5.41, 5.74) is 5.19. The Kier molecular flexibility index (Phi) is 3.35. The summed E-state index contributed by atoms with van der Waals surface area (Å²) in [7, 11) is -3.59. The maximum atomic E-state index is 12.7. The molecule has 0 radical (unpaired) electrons. The van der Waals surface area contributed by atoms with Crippen LogP contribution in [0.1, 0.15) is 38.3 Å². The van der Waals surface area contributed by atoms with Gasteiger partial charge in [-0.3, -0.25) is 0 Å². The number of sulfonamides is 1. The van der Waals surface area contributed by atoms with Crippen molar-refractivity contribution in [3.8, 4) is 0 Å². The van der Waals surface area contributed by atoms with Crippen molar-refractivity contribution in [1.82, 2.24) is 10.2 Å². The first-order valence-electron chi connectivity index (χ1n) is 7.06. The van der Waals surface area contributed by atoms with Crippen molar-refractivity contribution in [1.29, 1.82) is 0 Å². The third-order valence-electron chi connectivity index (χ3n) is 3.55. The molecule has 0 fully saturated rings. The van der Waals surface area contributed by atoms with Crippen molar-refractivity contribution in [2.45, 2.75) is 44.0 Å². The van der Waals surface area contributed by atoms with Gasteiger partial charge in [-0.1, -0.05) is 12.1 Å². The molecule has 2 N–H and O–H groups in total. The van der Waals surface area contributed by atoms with E-state index in [0.29, 0.717) is 22.8 Å². The van der Waals surface area contributed by atoms with Gasteiger partial charge in [0.25, 0.3) is 0 Å². The smallest absolute Gasteiger partial charge is 0.241 e. The average molecular weight is 308 g/mol. The normalized spacial score (nSPS) is 18.2. The Morgan fingerprint density at radius 3 is 2.71 bits per heavy atom. The molecule has 0 saturated heterocycles. The highest BCUT2D eigenvalue weighted by molar-refractivity contribution is 7.89. The zero-order chi connectivity index (χ0) is 15.3. The van der Waals surface area contributed by atoms with Gasteiger partial charge >= 0.3 is 0 Å². The molecule has 0 aromatic heterocycles. The van der Waals surface area contributed by atoms with Crippen molar-refractivity contribution in [2.75, 3.05) is 6.54 Å². The third kappa shape index (κ3) is 2.71. The molecule has 0 atom stereocenters. The first kappa shape index (κ1) is 14.6. The SMILES string of the molecule is CC(C)(C)NS(=O)(=O)c1cccc2c1C1=C(CC2)CNO1. The highest BCUT2D eigenvalue weighted by Crippen LogP contribution is 2.38. The van der Waals surface area contributed by atoms with Crippen molar-refractivity contribution >= 4 is 15.8 Å². The van der Waals surface area contributed by atoms with Crippen LogP contribution >= 0.6 is 0 Å². The lowest BCUT2D eigenvalue weighted by molar-refractivity contribution is 0.190. The Bertz CT molecular complexity index is 715. The first-order chi connectivity index (χ1) is 9.78. The van der Waals surface area contributed by atoms with Crippen molar-refractivity contribution in [3.05, 3.63) is 34.9 Å². The van der Waals surface area contributed by atoms with E-state index in [0.717, 1.165) is 24.0 Å². The predicted octanol–water partition coefficient (Wildman–Crippen LogP) is 1.96. The van der Waals surface area contributed by atoms with E-state index in [-0.39, 0.29) is 0 Å². The van der Waals surface area contributed by atoms with E-state index in [4.69, 9.17) is 4.84 Å². The number of rotatable bonds is 2. The van der Waals surface area contributed by atoms with E-state index in [2.05, 4.69) is 10.2 Å². The molecule has 1 heterocycles. The van der Waals surface area contributed by atoms with Crippen LogP contribution in [0.4, 0.5) is 0 Å². The lowest BCUT2D eigenvalue weighted by Crippen LogP contribution is -2.41. The van der Waals surface area contributed by atoms with Gasteiger partial charge in [0.15, 0.2) is 5.76 Å². The minimum Gasteiger partial charge on any atom is -0.408 e. The fourth-order valence-electron chi connectivity index (χ4n) is 2.79. The number of aryl methyl sites for hydroxylation is 1. The lowest BCUT2D eigenvalue weighted by Gasteiger charge is -2.24. The molecular weight excluding hydrogens is 288 g/mol. The highest BCUT2D eigenvalue weighted by atomic mass is 32.2. The van der Waals surface area contributed by atoms with Gasteiger partial charge in [0.1, 0.15) is 0 Å². The topological polar surface area (TPSA) is 67.4 Å². The number of benzene rings is 1. The van der Waals surface area contributed by atoms with Gasteiger partial charge in [0.05, 0.1) is 11.4 Å². The molecule has 21 heavy (non-hydrogen) atoms. The van der Waals surface area contributed by atoms with Crippen LogP contribution in [0.2, 0.25) is 0 Å². The van der Waals surface area contributed by atoms with Crippen molar-refractivity contribution in [2.24, 2.45) is 0 Å². The molecular formula is C15H20N2O3S. The summed E-state index contributed by atoms with van der Waals surface area (Å²) >= 11 is 0. The molecule has 0 spiro atoms. The Labute approximate surface area is 125 Å². The van der Waals surface area contributed by atoms with Crippen LogP contribution in [0, 0.1) is 0 Å². The maximum Gasteiger partial charge on any atom is 0.241 e.